The average Bonchev–Trinajstić information content (AvgIpc) is 2.81. The summed E-state index contributed by atoms with van der Waals surface area (Å²) in [5.74, 6) is 1.11. The molecule has 1 aromatic heterocycles. The zero-order valence-corrected chi connectivity index (χ0v) is 13.8. The van der Waals surface area contributed by atoms with Gasteiger partial charge in [0.25, 0.3) is 0 Å². The van der Waals surface area contributed by atoms with Gasteiger partial charge in [0.05, 0.1) is 12.2 Å². The van der Waals surface area contributed by atoms with Crippen molar-refractivity contribution in [3.05, 3.63) is 17.5 Å². The maximum Gasteiger partial charge on any atom is 0.227 e. The molecule has 0 radical (unpaired) electrons. The lowest BCUT2D eigenvalue weighted by Crippen LogP contribution is -2.50. The van der Waals surface area contributed by atoms with Crippen LogP contribution >= 0.6 is 0 Å². The van der Waals surface area contributed by atoms with Gasteiger partial charge >= 0.3 is 0 Å². The topological polar surface area (TPSA) is 49.6 Å². The number of carbonyl (C=O) groups excluding carboxylic acids is 1. The van der Waals surface area contributed by atoms with Crippen molar-refractivity contribution in [3.8, 4) is 0 Å². The van der Waals surface area contributed by atoms with Crippen molar-refractivity contribution in [1.82, 2.24) is 15.0 Å². The molecule has 0 spiro atoms. The van der Waals surface area contributed by atoms with Gasteiger partial charge in [0.1, 0.15) is 0 Å². The number of likely N-dealkylation sites (N-methyl/N-ethyl adjacent to an activating group) is 1. The highest BCUT2D eigenvalue weighted by Gasteiger charge is 2.32. The van der Waals surface area contributed by atoms with Crippen molar-refractivity contribution < 1.29 is 9.32 Å². The van der Waals surface area contributed by atoms with Crippen LogP contribution < -0.4 is 0 Å². The number of hydrogen-bond donors (Lipinski definition) is 0. The van der Waals surface area contributed by atoms with Crippen LogP contribution in [0.15, 0.2) is 10.6 Å². The molecular weight excluding hydrogens is 266 g/mol. The summed E-state index contributed by atoms with van der Waals surface area (Å²) in [5, 5.41) is 3.93. The maximum absolute atomic E-state index is 12.4. The minimum Gasteiger partial charge on any atom is -0.360 e. The first-order valence-electron chi connectivity index (χ1n) is 7.69. The molecule has 0 aromatic carbocycles. The second kappa shape index (κ2) is 6.18. The van der Waals surface area contributed by atoms with E-state index in [1.54, 1.807) is 0 Å². The second-order valence-corrected chi connectivity index (χ2v) is 7.13. The number of rotatable bonds is 3. The number of carbonyl (C=O) groups is 1. The summed E-state index contributed by atoms with van der Waals surface area (Å²) >= 11 is 0. The van der Waals surface area contributed by atoms with Crippen molar-refractivity contribution in [2.45, 2.75) is 53.1 Å². The lowest BCUT2D eigenvalue weighted by atomic mass is 9.93. The Balaban J connectivity index is 1.95. The predicted octanol–water partition coefficient (Wildman–Crippen LogP) is 2.45. The monoisotopic (exact) mass is 293 g/mol. The Hall–Kier alpha value is -1.36. The van der Waals surface area contributed by atoms with Gasteiger partial charge in [0, 0.05) is 31.1 Å². The lowest BCUT2D eigenvalue weighted by molar-refractivity contribution is -0.141. The van der Waals surface area contributed by atoms with E-state index in [2.05, 4.69) is 10.1 Å². The molecule has 0 saturated carbocycles. The zero-order valence-electron chi connectivity index (χ0n) is 13.8. The predicted molar refractivity (Wildman–Crippen MR) is 81.8 cm³/mol. The fraction of sp³-hybridized carbons (Fsp3) is 0.750. The van der Waals surface area contributed by atoms with Crippen LogP contribution in [0.4, 0.5) is 0 Å². The zero-order chi connectivity index (χ0) is 15.6. The van der Waals surface area contributed by atoms with Gasteiger partial charge in [0.2, 0.25) is 5.91 Å². The molecule has 1 aliphatic heterocycles. The Morgan fingerprint density at radius 3 is 2.81 bits per heavy atom. The average molecular weight is 293 g/mol. The SMILES string of the molecule is Cc1cc(CN2CCCC(N(C)C(=O)C(C)(C)C)C2)on1. The lowest BCUT2D eigenvalue weighted by Gasteiger charge is -2.39. The molecule has 1 aromatic rings. The third-order valence-electron chi connectivity index (χ3n) is 4.05. The quantitative estimate of drug-likeness (QED) is 0.859. The first kappa shape index (κ1) is 16.0. The Morgan fingerprint density at radius 1 is 1.52 bits per heavy atom. The first-order valence-corrected chi connectivity index (χ1v) is 7.69. The fourth-order valence-corrected chi connectivity index (χ4v) is 2.90. The molecular formula is C16H27N3O2. The number of hydrogen-bond acceptors (Lipinski definition) is 4. The van der Waals surface area contributed by atoms with Crippen LogP contribution in [0, 0.1) is 12.3 Å². The fourth-order valence-electron chi connectivity index (χ4n) is 2.90. The van der Waals surface area contributed by atoms with Crippen LogP contribution in [0.1, 0.15) is 45.1 Å². The molecule has 118 valence electrons. The molecule has 5 heteroatoms. The molecule has 0 bridgehead atoms. The molecule has 1 aliphatic rings. The van der Waals surface area contributed by atoms with Gasteiger partial charge in [-0.15, -0.1) is 0 Å². The molecule has 1 saturated heterocycles. The molecule has 1 atom stereocenters. The maximum atomic E-state index is 12.4. The van der Waals surface area contributed by atoms with Crippen LogP contribution in [-0.4, -0.2) is 47.0 Å². The Morgan fingerprint density at radius 2 is 2.24 bits per heavy atom. The summed E-state index contributed by atoms with van der Waals surface area (Å²) in [7, 11) is 1.93. The Kier molecular flexibility index (Phi) is 4.71. The smallest absolute Gasteiger partial charge is 0.227 e. The molecule has 1 unspecified atom stereocenters. The Bertz CT molecular complexity index is 490. The van der Waals surface area contributed by atoms with Gasteiger partial charge < -0.3 is 9.42 Å². The van der Waals surface area contributed by atoms with Gasteiger partial charge in [-0.05, 0) is 26.3 Å². The summed E-state index contributed by atoms with van der Waals surface area (Å²) in [6.07, 6.45) is 2.18. The molecule has 21 heavy (non-hydrogen) atoms. The van der Waals surface area contributed by atoms with Crippen LogP contribution in [0.2, 0.25) is 0 Å². The van der Waals surface area contributed by atoms with E-state index in [9.17, 15) is 4.79 Å². The molecule has 0 aliphatic carbocycles. The summed E-state index contributed by atoms with van der Waals surface area (Å²) in [6, 6.07) is 2.27. The highest BCUT2D eigenvalue weighted by Crippen LogP contribution is 2.23. The van der Waals surface area contributed by atoms with Crippen LogP contribution in [0.25, 0.3) is 0 Å². The number of aryl methyl sites for hydroxylation is 1. The number of likely N-dealkylation sites (tertiary alicyclic amines) is 1. The molecule has 2 heterocycles. The molecule has 2 rings (SSSR count). The van der Waals surface area contributed by atoms with Crippen LogP contribution in [0.5, 0.6) is 0 Å². The van der Waals surface area contributed by atoms with E-state index in [1.807, 2.05) is 45.7 Å². The Labute approximate surface area is 127 Å². The van der Waals surface area contributed by atoms with E-state index in [4.69, 9.17) is 4.52 Å². The van der Waals surface area contributed by atoms with Crippen molar-refractivity contribution in [2.24, 2.45) is 5.41 Å². The van der Waals surface area contributed by atoms with Crippen LogP contribution in [0.3, 0.4) is 0 Å². The van der Waals surface area contributed by atoms with E-state index >= 15 is 0 Å². The standard InChI is InChI=1S/C16H27N3O2/c1-12-9-14(21-17-12)11-19-8-6-7-13(10-19)18(5)15(20)16(2,3)4/h9,13H,6-8,10-11H2,1-5H3. The molecule has 5 nitrogen and oxygen atoms in total. The van der Waals surface area contributed by atoms with Crippen molar-refractivity contribution in [3.63, 3.8) is 0 Å². The van der Waals surface area contributed by atoms with Gasteiger partial charge in [-0.25, -0.2) is 0 Å². The number of amides is 1. The first-order chi connectivity index (χ1) is 9.77. The third kappa shape index (κ3) is 4.06. The van der Waals surface area contributed by atoms with Crippen molar-refractivity contribution in [1.29, 1.82) is 0 Å². The van der Waals surface area contributed by atoms with E-state index in [1.165, 1.54) is 0 Å². The highest BCUT2D eigenvalue weighted by atomic mass is 16.5. The summed E-state index contributed by atoms with van der Waals surface area (Å²) in [4.78, 5) is 16.7. The minimum absolute atomic E-state index is 0.213. The summed E-state index contributed by atoms with van der Waals surface area (Å²) in [5.41, 5.74) is 0.595. The second-order valence-electron chi connectivity index (χ2n) is 7.13. The van der Waals surface area contributed by atoms with Gasteiger partial charge in [0.15, 0.2) is 5.76 Å². The number of piperidine rings is 1. The summed E-state index contributed by atoms with van der Waals surface area (Å²) < 4.78 is 5.29. The summed E-state index contributed by atoms with van der Waals surface area (Å²) in [6.45, 7) is 10.6. The van der Waals surface area contributed by atoms with Gasteiger partial charge in [-0.2, -0.15) is 0 Å². The molecule has 1 amide bonds. The van der Waals surface area contributed by atoms with Gasteiger partial charge in [-0.1, -0.05) is 25.9 Å². The van der Waals surface area contributed by atoms with Gasteiger partial charge in [-0.3, -0.25) is 9.69 Å². The van der Waals surface area contributed by atoms with E-state index in [-0.39, 0.29) is 17.4 Å². The highest BCUT2D eigenvalue weighted by molar-refractivity contribution is 5.81. The minimum atomic E-state index is -0.320. The van der Waals surface area contributed by atoms with Crippen molar-refractivity contribution in [2.75, 3.05) is 20.1 Å². The van der Waals surface area contributed by atoms with E-state index in [0.29, 0.717) is 0 Å². The van der Waals surface area contributed by atoms with E-state index < -0.39 is 0 Å². The van der Waals surface area contributed by atoms with Crippen LogP contribution in [-0.2, 0) is 11.3 Å². The molecule has 0 N–H and O–H groups in total. The largest absolute Gasteiger partial charge is 0.360 e. The number of aromatic nitrogens is 1. The molecule has 1 fully saturated rings. The normalized spacial score (nSPS) is 20.5. The van der Waals surface area contributed by atoms with Crippen molar-refractivity contribution >= 4 is 5.91 Å². The third-order valence-corrected chi connectivity index (χ3v) is 4.05. The van der Waals surface area contributed by atoms with E-state index in [0.717, 1.165) is 43.9 Å². The number of nitrogens with zero attached hydrogens (tertiary/aromatic N) is 3.